The zero-order valence-electron chi connectivity index (χ0n) is 16.5. The summed E-state index contributed by atoms with van der Waals surface area (Å²) in [7, 11) is 0. The summed E-state index contributed by atoms with van der Waals surface area (Å²) in [5, 5.41) is 13.7. The zero-order valence-corrected chi connectivity index (χ0v) is 17.3. The van der Waals surface area contributed by atoms with Gasteiger partial charge in [-0.05, 0) is 80.0 Å². The standard InChI is InChI=1S/C22H24FN3O2S/c1-14-10-15(2)19-12-16(21(28)25-20(19)11-14)13-26(8-3-9-27)22(29)24-18-6-4-17(23)5-7-18/h4-7,10-12,27H,3,8-9,13H2,1-2H3,(H,24,29)(H,25,28). The van der Waals surface area contributed by atoms with Gasteiger partial charge in [0.1, 0.15) is 5.82 Å². The van der Waals surface area contributed by atoms with Crippen molar-refractivity contribution in [2.24, 2.45) is 0 Å². The van der Waals surface area contributed by atoms with Gasteiger partial charge < -0.3 is 20.3 Å². The summed E-state index contributed by atoms with van der Waals surface area (Å²) in [5.41, 5.74) is 4.07. The molecule has 0 amide bonds. The summed E-state index contributed by atoms with van der Waals surface area (Å²) in [6.07, 6.45) is 0.509. The molecule has 1 aromatic heterocycles. The van der Waals surface area contributed by atoms with Crippen molar-refractivity contribution < 1.29 is 9.50 Å². The Kier molecular flexibility index (Phi) is 6.61. The van der Waals surface area contributed by atoms with Crippen LogP contribution in [0.15, 0.2) is 47.3 Å². The van der Waals surface area contributed by atoms with Crippen LogP contribution in [-0.2, 0) is 6.54 Å². The van der Waals surface area contributed by atoms with E-state index in [1.807, 2.05) is 30.9 Å². The van der Waals surface area contributed by atoms with Crippen LogP contribution < -0.4 is 10.9 Å². The minimum absolute atomic E-state index is 0.0160. The molecule has 0 unspecified atom stereocenters. The number of anilines is 1. The fourth-order valence-electron chi connectivity index (χ4n) is 3.29. The first-order valence-electron chi connectivity index (χ1n) is 9.43. The van der Waals surface area contributed by atoms with E-state index >= 15 is 0 Å². The van der Waals surface area contributed by atoms with Gasteiger partial charge in [-0.2, -0.15) is 0 Å². The number of hydrogen-bond acceptors (Lipinski definition) is 3. The maximum absolute atomic E-state index is 13.1. The van der Waals surface area contributed by atoms with Crippen molar-refractivity contribution in [3.63, 3.8) is 0 Å². The highest BCUT2D eigenvalue weighted by Gasteiger charge is 2.14. The van der Waals surface area contributed by atoms with Crippen LogP contribution in [0.1, 0.15) is 23.1 Å². The van der Waals surface area contributed by atoms with Crippen LogP contribution in [0.2, 0.25) is 0 Å². The van der Waals surface area contributed by atoms with Gasteiger partial charge in [0.15, 0.2) is 5.11 Å². The molecule has 0 saturated heterocycles. The number of aryl methyl sites for hydroxylation is 2. The van der Waals surface area contributed by atoms with E-state index < -0.39 is 0 Å². The second-order valence-electron chi connectivity index (χ2n) is 7.10. The van der Waals surface area contributed by atoms with Gasteiger partial charge >= 0.3 is 0 Å². The van der Waals surface area contributed by atoms with E-state index in [2.05, 4.69) is 16.4 Å². The number of benzene rings is 2. The number of aromatic nitrogens is 1. The van der Waals surface area contributed by atoms with Crippen molar-refractivity contribution in [3.05, 3.63) is 75.3 Å². The topological polar surface area (TPSA) is 68.4 Å². The van der Waals surface area contributed by atoms with Gasteiger partial charge in [-0.3, -0.25) is 4.79 Å². The molecule has 2 aromatic carbocycles. The largest absolute Gasteiger partial charge is 0.396 e. The molecule has 0 spiro atoms. The lowest BCUT2D eigenvalue weighted by Gasteiger charge is -2.25. The molecule has 3 aromatic rings. The summed E-state index contributed by atoms with van der Waals surface area (Å²) in [5.74, 6) is -0.327. The maximum Gasteiger partial charge on any atom is 0.253 e. The molecule has 0 atom stereocenters. The van der Waals surface area contributed by atoms with Crippen LogP contribution in [-0.4, -0.2) is 33.3 Å². The van der Waals surface area contributed by atoms with E-state index in [1.54, 1.807) is 12.1 Å². The van der Waals surface area contributed by atoms with Crippen LogP contribution in [0.4, 0.5) is 10.1 Å². The number of fused-ring (bicyclic) bond motifs is 1. The van der Waals surface area contributed by atoms with Gasteiger partial charge in [0, 0.05) is 35.3 Å². The molecule has 0 bridgehead atoms. The smallest absolute Gasteiger partial charge is 0.253 e. The Hall–Kier alpha value is -2.77. The Morgan fingerprint density at radius 2 is 1.93 bits per heavy atom. The third-order valence-electron chi connectivity index (χ3n) is 4.72. The van der Waals surface area contributed by atoms with Crippen molar-refractivity contribution >= 4 is 33.9 Å². The zero-order chi connectivity index (χ0) is 21.0. The molecule has 29 heavy (non-hydrogen) atoms. The number of nitrogens with one attached hydrogen (secondary N) is 2. The quantitative estimate of drug-likeness (QED) is 0.536. The third kappa shape index (κ3) is 5.19. The number of aliphatic hydroxyl groups excluding tert-OH is 1. The molecule has 1 heterocycles. The number of H-pyrrole nitrogens is 1. The van der Waals surface area contributed by atoms with Gasteiger partial charge in [0.05, 0.1) is 6.54 Å². The van der Waals surface area contributed by atoms with Crippen molar-refractivity contribution in [2.75, 3.05) is 18.5 Å². The summed E-state index contributed by atoms with van der Waals surface area (Å²) >= 11 is 5.51. The van der Waals surface area contributed by atoms with E-state index in [1.165, 1.54) is 12.1 Å². The second kappa shape index (κ2) is 9.15. The predicted octanol–water partition coefficient (Wildman–Crippen LogP) is 3.87. The molecular weight excluding hydrogens is 389 g/mol. The number of hydrogen-bond donors (Lipinski definition) is 3. The van der Waals surface area contributed by atoms with Gasteiger partial charge in [-0.1, -0.05) is 6.07 Å². The van der Waals surface area contributed by atoms with Crippen LogP contribution in [0.5, 0.6) is 0 Å². The Morgan fingerprint density at radius 3 is 2.62 bits per heavy atom. The molecule has 3 rings (SSSR count). The molecule has 0 aliphatic rings. The Labute approximate surface area is 174 Å². The SMILES string of the molecule is Cc1cc(C)c2cc(CN(CCCO)C(=S)Nc3ccc(F)cc3)c(=O)[nH]c2c1. The van der Waals surface area contributed by atoms with Gasteiger partial charge in [0.25, 0.3) is 5.56 Å². The van der Waals surface area contributed by atoms with Crippen LogP contribution in [0, 0.1) is 19.7 Å². The minimum atomic E-state index is -0.327. The van der Waals surface area contributed by atoms with Crippen LogP contribution >= 0.6 is 12.2 Å². The number of pyridine rings is 1. The second-order valence-corrected chi connectivity index (χ2v) is 7.49. The van der Waals surface area contributed by atoms with E-state index in [4.69, 9.17) is 12.2 Å². The Morgan fingerprint density at radius 1 is 1.21 bits per heavy atom. The number of halogens is 1. The lowest BCUT2D eigenvalue weighted by molar-refractivity contribution is 0.266. The number of rotatable bonds is 6. The summed E-state index contributed by atoms with van der Waals surface area (Å²) in [4.78, 5) is 17.4. The van der Waals surface area contributed by atoms with Gasteiger partial charge in [0.2, 0.25) is 0 Å². The lowest BCUT2D eigenvalue weighted by Crippen LogP contribution is -2.37. The number of aliphatic hydroxyl groups is 1. The van der Waals surface area contributed by atoms with Crippen molar-refractivity contribution in [1.29, 1.82) is 0 Å². The molecule has 0 fully saturated rings. The third-order valence-corrected chi connectivity index (χ3v) is 5.08. The number of aromatic amines is 1. The lowest BCUT2D eigenvalue weighted by atomic mass is 10.0. The fraction of sp³-hybridized carbons (Fsp3) is 0.273. The number of thiocarbonyl (C=S) groups is 1. The molecule has 5 nitrogen and oxygen atoms in total. The van der Waals surface area contributed by atoms with E-state index in [0.717, 1.165) is 22.0 Å². The molecule has 3 N–H and O–H groups in total. The maximum atomic E-state index is 13.1. The van der Waals surface area contributed by atoms with E-state index in [9.17, 15) is 14.3 Å². The van der Waals surface area contributed by atoms with E-state index in [0.29, 0.717) is 35.9 Å². The predicted molar refractivity (Wildman–Crippen MR) is 119 cm³/mol. The highest BCUT2D eigenvalue weighted by atomic mass is 32.1. The fourth-order valence-corrected chi connectivity index (χ4v) is 3.56. The first-order chi connectivity index (χ1) is 13.9. The summed E-state index contributed by atoms with van der Waals surface area (Å²) < 4.78 is 13.1. The van der Waals surface area contributed by atoms with Crippen molar-refractivity contribution in [3.8, 4) is 0 Å². The highest BCUT2D eigenvalue weighted by molar-refractivity contribution is 7.80. The molecule has 0 aliphatic carbocycles. The molecule has 0 radical (unpaired) electrons. The highest BCUT2D eigenvalue weighted by Crippen LogP contribution is 2.19. The number of nitrogens with zero attached hydrogens (tertiary/aromatic N) is 1. The monoisotopic (exact) mass is 413 g/mol. The normalized spacial score (nSPS) is 10.9. The van der Waals surface area contributed by atoms with Gasteiger partial charge in [-0.15, -0.1) is 0 Å². The average molecular weight is 414 g/mol. The first-order valence-corrected chi connectivity index (χ1v) is 9.83. The Balaban J connectivity index is 1.87. The minimum Gasteiger partial charge on any atom is -0.396 e. The Bertz CT molecular complexity index is 1080. The molecular formula is C22H24FN3O2S. The van der Waals surface area contributed by atoms with Crippen LogP contribution in [0.3, 0.4) is 0 Å². The molecule has 7 heteroatoms. The van der Waals surface area contributed by atoms with Crippen LogP contribution in [0.25, 0.3) is 10.9 Å². The summed E-state index contributed by atoms with van der Waals surface area (Å²) in [6.45, 7) is 4.80. The summed E-state index contributed by atoms with van der Waals surface area (Å²) in [6, 6.07) is 11.8. The van der Waals surface area contributed by atoms with Crippen molar-refractivity contribution in [1.82, 2.24) is 9.88 Å². The average Bonchev–Trinajstić information content (AvgIpc) is 2.67. The van der Waals surface area contributed by atoms with Gasteiger partial charge in [-0.25, -0.2) is 4.39 Å². The first kappa shape index (κ1) is 21.0. The molecule has 152 valence electrons. The molecule has 0 aliphatic heterocycles. The molecule has 0 saturated carbocycles. The van der Waals surface area contributed by atoms with E-state index in [-0.39, 0.29) is 18.0 Å². The van der Waals surface area contributed by atoms with Crippen molar-refractivity contribution in [2.45, 2.75) is 26.8 Å².